The van der Waals surface area contributed by atoms with Crippen LogP contribution in [-0.2, 0) is 0 Å². The maximum Gasteiger partial charge on any atom is 0.00219 e. The van der Waals surface area contributed by atoms with Crippen molar-refractivity contribution in [2.24, 2.45) is 23.5 Å². The second-order valence-corrected chi connectivity index (χ2v) is 4.61. The molecule has 1 saturated heterocycles. The Hall–Kier alpha value is -0.0800. The van der Waals surface area contributed by atoms with E-state index in [1.807, 2.05) is 0 Å². The maximum atomic E-state index is 5.74. The largest absolute Gasteiger partial charge is 0.330 e. The molecule has 2 nitrogen and oxygen atoms in total. The molecule has 0 amide bonds. The average Bonchev–Trinajstić information content (AvgIpc) is 2.29. The second-order valence-electron chi connectivity index (χ2n) is 4.61. The zero-order valence-electron chi connectivity index (χ0n) is 8.59. The first-order chi connectivity index (χ1) is 5.63. The number of rotatable bonds is 3. The number of likely N-dealkylation sites (tertiary alicyclic amines) is 1. The van der Waals surface area contributed by atoms with Gasteiger partial charge in [0.25, 0.3) is 0 Å². The molecule has 1 fully saturated rings. The zero-order chi connectivity index (χ0) is 9.14. The van der Waals surface area contributed by atoms with Crippen molar-refractivity contribution < 1.29 is 0 Å². The van der Waals surface area contributed by atoms with E-state index >= 15 is 0 Å². The molecule has 1 aliphatic heterocycles. The highest BCUT2D eigenvalue weighted by Gasteiger charge is 2.29. The monoisotopic (exact) mass is 170 g/mol. The number of hydrogen-bond acceptors (Lipinski definition) is 2. The normalized spacial score (nSPS) is 31.8. The van der Waals surface area contributed by atoms with Gasteiger partial charge in [0.15, 0.2) is 0 Å². The fraction of sp³-hybridized carbons (Fsp3) is 1.00. The van der Waals surface area contributed by atoms with Crippen molar-refractivity contribution in [1.82, 2.24) is 4.90 Å². The molecule has 2 atom stereocenters. The van der Waals surface area contributed by atoms with Crippen LogP contribution in [0.15, 0.2) is 0 Å². The van der Waals surface area contributed by atoms with Crippen LogP contribution in [0.25, 0.3) is 0 Å². The summed E-state index contributed by atoms with van der Waals surface area (Å²) in [5.74, 6) is 2.41. The standard InChI is InChI=1S/C10H22N2/c1-8(2)4-9-6-12(3)7-10(9)5-11/h8-10H,4-7,11H2,1-3H3. The van der Waals surface area contributed by atoms with Crippen molar-refractivity contribution in [3.63, 3.8) is 0 Å². The van der Waals surface area contributed by atoms with Crippen molar-refractivity contribution >= 4 is 0 Å². The molecule has 0 aromatic rings. The fourth-order valence-corrected chi connectivity index (χ4v) is 2.31. The van der Waals surface area contributed by atoms with E-state index in [0.717, 1.165) is 24.3 Å². The van der Waals surface area contributed by atoms with E-state index in [4.69, 9.17) is 5.73 Å². The molecule has 72 valence electrons. The first kappa shape index (κ1) is 10.0. The predicted molar refractivity (Wildman–Crippen MR) is 53.0 cm³/mol. The van der Waals surface area contributed by atoms with Crippen molar-refractivity contribution in [3.05, 3.63) is 0 Å². The van der Waals surface area contributed by atoms with E-state index in [1.54, 1.807) is 0 Å². The third-order valence-electron chi connectivity index (χ3n) is 2.84. The summed E-state index contributed by atoms with van der Waals surface area (Å²) in [6.45, 7) is 7.91. The van der Waals surface area contributed by atoms with E-state index in [1.165, 1.54) is 19.5 Å². The van der Waals surface area contributed by atoms with Crippen LogP contribution in [0.4, 0.5) is 0 Å². The van der Waals surface area contributed by atoms with Crippen LogP contribution in [0.1, 0.15) is 20.3 Å². The Morgan fingerprint density at radius 2 is 1.92 bits per heavy atom. The Kier molecular flexibility index (Phi) is 3.53. The summed E-state index contributed by atoms with van der Waals surface area (Å²) >= 11 is 0. The minimum Gasteiger partial charge on any atom is -0.330 e. The van der Waals surface area contributed by atoms with Gasteiger partial charge in [0.05, 0.1) is 0 Å². The molecule has 1 rings (SSSR count). The Labute approximate surface area is 76.1 Å². The van der Waals surface area contributed by atoms with Crippen molar-refractivity contribution in [3.8, 4) is 0 Å². The highest BCUT2D eigenvalue weighted by Crippen LogP contribution is 2.27. The smallest absolute Gasteiger partial charge is 0.00219 e. The predicted octanol–water partition coefficient (Wildman–Crippen LogP) is 1.17. The topological polar surface area (TPSA) is 29.3 Å². The zero-order valence-corrected chi connectivity index (χ0v) is 8.59. The summed E-state index contributed by atoms with van der Waals surface area (Å²) in [7, 11) is 2.20. The Bertz CT molecular complexity index is 134. The Morgan fingerprint density at radius 3 is 2.42 bits per heavy atom. The van der Waals surface area contributed by atoms with Crippen LogP contribution >= 0.6 is 0 Å². The van der Waals surface area contributed by atoms with E-state index in [2.05, 4.69) is 25.8 Å². The lowest BCUT2D eigenvalue weighted by Gasteiger charge is -2.18. The number of nitrogens with two attached hydrogens (primary N) is 1. The third-order valence-corrected chi connectivity index (χ3v) is 2.84. The van der Waals surface area contributed by atoms with E-state index < -0.39 is 0 Å². The first-order valence-corrected chi connectivity index (χ1v) is 5.02. The number of nitrogens with zero attached hydrogens (tertiary/aromatic N) is 1. The van der Waals surface area contributed by atoms with Gasteiger partial charge < -0.3 is 10.6 Å². The highest BCUT2D eigenvalue weighted by molar-refractivity contribution is 4.83. The molecule has 12 heavy (non-hydrogen) atoms. The van der Waals surface area contributed by atoms with Crippen LogP contribution in [-0.4, -0.2) is 31.6 Å². The molecule has 1 aliphatic rings. The summed E-state index contributed by atoms with van der Waals surface area (Å²) in [5.41, 5.74) is 5.74. The van der Waals surface area contributed by atoms with Crippen LogP contribution < -0.4 is 5.73 Å². The molecule has 2 unspecified atom stereocenters. The van der Waals surface area contributed by atoms with Crippen molar-refractivity contribution in [2.75, 3.05) is 26.7 Å². The molecule has 0 bridgehead atoms. The Morgan fingerprint density at radius 1 is 1.33 bits per heavy atom. The summed E-state index contributed by atoms with van der Waals surface area (Å²) in [6.07, 6.45) is 1.34. The molecular formula is C10H22N2. The molecular weight excluding hydrogens is 148 g/mol. The third kappa shape index (κ3) is 2.46. The lowest BCUT2D eigenvalue weighted by molar-refractivity contribution is 0.346. The van der Waals surface area contributed by atoms with Gasteiger partial charge in [-0.25, -0.2) is 0 Å². The van der Waals surface area contributed by atoms with Gasteiger partial charge in [-0.15, -0.1) is 0 Å². The molecule has 2 N–H and O–H groups in total. The molecule has 0 saturated carbocycles. The van der Waals surface area contributed by atoms with Gasteiger partial charge >= 0.3 is 0 Å². The lowest BCUT2D eigenvalue weighted by atomic mass is 9.88. The molecule has 0 aliphatic carbocycles. The second kappa shape index (κ2) is 4.24. The van der Waals surface area contributed by atoms with Gasteiger partial charge in [-0.05, 0) is 37.8 Å². The van der Waals surface area contributed by atoms with Gasteiger partial charge in [0.1, 0.15) is 0 Å². The van der Waals surface area contributed by atoms with Gasteiger partial charge in [0.2, 0.25) is 0 Å². The van der Waals surface area contributed by atoms with E-state index in [0.29, 0.717) is 0 Å². The molecule has 0 aromatic carbocycles. The molecule has 2 heteroatoms. The summed E-state index contributed by atoms with van der Waals surface area (Å²) < 4.78 is 0. The first-order valence-electron chi connectivity index (χ1n) is 5.02. The maximum absolute atomic E-state index is 5.74. The van der Waals surface area contributed by atoms with Crippen LogP contribution in [0.3, 0.4) is 0 Å². The number of hydrogen-bond donors (Lipinski definition) is 1. The van der Waals surface area contributed by atoms with Crippen LogP contribution in [0.5, 0.6) is 0 Å². The summed E-state index contributed by atoms with van der Waals surface area (Å²) in [6, 6.07) is 0. The summed E-state index contributed by atoms with van der Waals surface area (Å²) in [4.78, 5) is 2.41. The average molecular weight is 170 g/mol. The van der Waals surface area contributed by atoms with Crippen molar-refractivity contribution in [2.45, 2.75) is 20.3 Å². The minimum atomic E-state index is 0.748. The molecule has 1 heterocycles. The van der Waals surface area contributed by atoms with E-state index in [-0.39, 0.29) is 0 Å². The molecule has 0 aromatic heterocycles. The minimum absolute atomic E-state index is 0.748. The highest BCUT2D eigenvalue weighted by atomic mass is 15.1. The van der Waals surface area contributed by atoms with E-state index in [9.17, 15) is 0 Å². The fourth-order valence-electron chi connectivity index (χ4n) is 2.31. The van der Waals surface area contributed by atoms with Gasteiger partial charge in [-0.3, -0.25) is 0 Å². The van der Waals surface area contributed by atoms with Gasteiger partial charge in [0, 0.05) is 13.1 Å². The molecule has 0 spiro atoms. The van der Waals surface area contributed by atoms with Crippen LogP contribution in [0.2, 0.25) is 0 Å². The Balaban J connectivity index is 2.40. The van der Waals surface area contributed by atoms with Gasteiger partial charge in [-0.2, -0.15) is 0 Å². The van der Waals surface area contributed by atoms with Gasteiger partial charge in [-0.1, -0.05) is 13.8 Å². The SMILES string of the molecule is CC(C)CC1CN(C)CC1CN. The van der Waals surface area contributed by atoms with Crippen molar-refractivity contribution in [1.29, 1.82) is 0 Å². The molecule has 0 radical (unpaired) electrons. The quantitative estimate of drug-likeness (QED) is 0.689. The van der Waals surface area contributed by atoms with Crippen LogP contribution in [0, 0.1) is 17.8 Å². The summed E-state index contributed by atoms with van der Waals surface area (Å²) in [5, 5.41) is 0. The lowest BCUT2D eigenvalue weighted by Crippen LogP contribution is -2.23.